The zero-order valence-electron chi connectivity index (χ0n) is 12.1. The molecule has 0 spiro atoms. The maximum atomic E-state index is 11.8. The highest BCUT2D eigenvalue weighted by molar-refractivity contribution is 5.97. The SMILES string of the molecule is CCCC[C@H](NC(=O)CNC(=O)c1ccccc1)C(N)=O. The van der Waals surface area contributed by atoms with E-state index in [4.69, 9.17) is 5.73 Å². The van der Waals surface area contributed by atoms with Crippen molar-refractivity contribution >= 4 is 17.7 Å². The van der Waals surface area contributed by atoms with Crippen LogP contribution in [0.4, 0.5) is 0 Å². The Labute approximate surface area is 124 Å². The Hall–Kier alpha value is -2.37. The fraction of sp³-hybridized carbons (Fsp3) is 0.400. The van der Waals surface area contributed by atoms with Gasteiger partial charge in [-0.1, -0.05) is 38.0 Å². The molecule has 0 unspecified atom stereocenters. The van der Waals surface area contributed by atoms with Crippen molar-refractivity contribution in [1.29, 1.82) is 0 Å². The van der Waals surface area contributed by atoms with Crippen molar-refractivity contribution in [1.82, 2.24) is 10.6 Å². The van der Waals surface area contributed by atoms with Gasteiger partial charge < -0.3 is 16.4 Å². The second-order valence-electron chi connectivity index (χ2n) is 4.71. The highest BCUT2D eigenvalue weighted by Gasteiger charge is 2.17. The maximum absolute atomic E-state index is 11.8. The first-order valence-corrected chi connectivity index (χ1v) is 6.96. The highest BCUT2D eigenvalue weighted by atomic mass is 16.2. The number of benzene rings is 1. The molecule has 114 valence electrons. The molecule has 4 N–H and O–H groups in total. The standard InChI is InChI=1S/C15H21N3O3/c1-2-3-9-12(14(16)20)18-13(19)10-17-15(21)11-7-5-4-6-8-11/h4-8,12H,2-3,9-10H2,1H3,(H2,16,20)(H,17,21)(H,18,19)/t12-/m0/s1. The first-order chi connectivity index (χ1) is 10.0. The number of carbonyl (C=O) groups excluding carboxylic acids is 3. The summed E-state index contributed by atoms with van der Waals surface area (Å²) < 4.78 is 0. The lowest BCUT2D eigenvalue weighted by Crippen LogP contribution is -2.47. The van der Waals surface area contributed by atoms with Gasteiger partial charge in [-0.15, -0.1) is 0 Å². The van der Waals surface area contributed by atoms with Crippen LogP contribution in [0.25, 0.3) is 0 Å². The topological polar surface area (TPSA) is 101 Å². The molecule has 0 heterocycles. The Morgan fingerprint density at radius 1 is 1.19 bits per heavy atom. The van der Waals surface area contributed by atoms with Crippen LogP contribution in [-0.2, 0) is 9.59 Å². The Kier molecular flexibility index (Phi) is 6.94. The third-order valence-electron chi connectivity index (χ3n) is 2.97. The largest absolute Gasteiger partial charge is 0.368 e. The summed E-state index contributed by atoms with van der Waals surface area (Å²) in [6, 6.07) is 7.90. The van der Waals surface area contributed by atoms with Crippen molar-refractivity contribution in [2.45, 2.75) is 32.2 Å². The molecule has 6 nitrogen and oxygen atoms in total. The van der Waals surface area contributed by atoms with Gasteiger partial charge in [0.2, 0.25) is 11.8 Å². The first kappa shape index (κ1) is 16.7. The average Bonchev–Trinajstić information content (AvgIpc) is 2.49. The summed E-state index contributed by atoms with van der Waals surface area (Å²) in [7, 11) is 0. The zero-order chi connectivity index (χ0) is 15.7. The molecular weight excluding hydrogens is 270 g/mol. The normalized spacial score (nSPS) is 11.5. The van der Waals surface area contributed by atoms with Gasteiger partial charge in [0.05, 0.1) is 6.54 Å². The minimum absolute atomic E-state index is 0.191. The molecule has 0 aromatic heterocycles. The maximum Gasteiger partial charge on any atom is 0.251 e. The van der Waals surface area contributed by atoms with Crippen molar-refractivity contribution in [3.63, 3.8) is 0 Å². The summed E-state index contributed by atoms with van der Waals surface area (Å²) in [5, 5.41) is 5.03. The van der Waals surface area contributed by atoms with Gasteiger partial charge in [-0.25, -0.2) is 0 Å². The Bertz CT molecular complexity index is 488. The average molecular weight is 291 g/mol. The second kappa shape index (κ2) is 8.73. The number of hydrogen-bond donors (Lipinski definition) is 3. The number of nitrogens with one attached hydrogen (secondary N) is 2. The summed E-state index contributed by atoms with van der Waals surface area (Å²) >= 11 is 0. The predicted octanol–water partition coefficient (Wildman–Crippen LogP) is 0.577. The van der Waals surface area contributed by atoms with E-state index < -0.39 is 17.9 Å². The summed E-state index contributed by atoms with van der Waals surface area (Å²) in [6.07, 6.45) is 2.21. The smallest absolute Gasteiger partial charge is 0.251 e. The molecule has 3 amide bonds. The fourth-order valence-electron chi connectivity index (χ4n) is 1.79. The second-order valence-corrected chi connectivity index (χ2v) is 4.71. The van der Waals surface area contributed by atoms with Gasteiger partial charge in [0.25, 0.3) is 5.91 Å². The summed E-state index contributed by atoms with van der Waals surface area (Å²) in [5.41, 5.74) is 5.71. The molecule has 0 bridgehead atoms. The van der Waals surface area contributed by atoms with Crippen LogP contribution in [-0.4, -0.2) is 30.3 Å². The monoisotopic (exact) mass is 291 g/mol. The predicted molar refractivity (Wildman–Crippen MR) is 79.4 cm³/mol. The highest BCUT2D eigenvalue weighted by Crippen LogP contribution is 2.00. The summed E-state index contributed by atoms with van der Waals surface area (Å²) in [6.45, 7) is 1.80. The van der Waals surface area contributed by atoms with E-state index in [1.54, 1.807) is 30.3 Å². The molecule has 1 rings (SSSR count). The van der Waals surface area contributed by atoms with Crippen molar-refractivity contribution in [3.05, 3.63) is 35.9 Å². The molecule has 0 aliphatic carbocycles. The van der Waals surface area contributed by atoms with Crippen molar-refractivity contribution < 1.29 is 14.4 Å². The van der Waals surface area contributed by atoms with Crippen LogP contribution in [0.5, 0.6) is 0 Å². The van der Waals surface area contributed by atoms with E-state index in [1.165, 1.54) is 0 Å². The van der Waals surface area contributed by atoms with E-state index in [2.05, 4.69) is 10.6 Å². The Morgan fingerprint density at radius 3 is 2.43 bits per heavy atom. The molecule has 0 fully saturated rings. The minimum atomic E-state index is -0.689. The molecule has 0 aliphatic rings. The molecule has 0 saturated carbocycles. The Balaban J connectivity index is 2.42. The van der Waals surface area contributed by atoms with Crippen molar-refractivity contribution in [2.24, 2.45) is 5.73 Å². The van der Waals surface area contributed by atoms with E-state index in [0.717, 1.165) is 12.8 Å². The van der Waals surface area contributed by atoms with E-state index in [1.807, 2.05) is 6.92 Å². The first-order valence-electron chi connectivity index (χ1n) is 6.96. The molecule has 1 aromatic carbocycles. The van der Waals surface area contributed by atoms with E-state index in [9.17, 15) is 14.4 Å². The number of rotatable bonds is 8. The molecule has 0 radical (unpaired) electrons. The van der Waals surface area contributed by atoms with E-state index >= 15 is 0 Å². The van der Waals surface area contributed by atoms with Gasteiger partial charge in [-0.05, 0) is 18.6 Å². The fourth-order valence-corrected chi connectivity index (χ4v) is 1.79. The quantitative estimate of drug-likeness (QED) is 0.653. The third kappa shape index (κ3) is 6.07. The van der Waals surface area contributed by atoms with Crippen molar-refractivity contribution in [3.8, 4) is 0 Å². The van der Waals surface area contributed by atoms with Gasteiger partial charge >= 0.3 is 0 Å². The number of unbranched alkanes of at least 4 members (excludes halogenated alkanes) is 1. The molecule has 21 heavy (non-hydrogen) atoms. The van der Waals surface area contributed by atoms with Crippen LogP contribution in [0.3, 0.4) is 0 Å². The Morgan fingerprint density at radius 2 is 1.86 bits per heavy atom. The van der Waals surface area contributed by atoms with Crippen LogP contribution < -0.4 is 16.4 Å². The number of amides is 3. The van der Waals surface area contributed by atoms with Crippen LogP contribution in [0.1, 0.15) is 36.5 Å². The summed E-state index contributed by atoms with van der Waals surface area (Å²) in [5.74, 6) is -1.33. The number of carbonyl (C=O) groups is 3. The minimum Gasteiger partial charge on any atom is -0.368 e. The molecule has 0 aliphatic heterocycles. The zero-order valence-corrected chi connectivity index (χ0v) is 12.1. The van der Waals surface area contributed by atoms with Gasteiger partial charge in [0.15, 0.2) is 0 Å². The van der Waals surface area contributed by atoms with E-state index in [-0.39, 0.29) is 12.5 Å². The molecular formula is C15H21N3O3. The molecule has 0 saturated heterocycles. The van der Waals surface area contributed by atoms with Gasteiger partial charge in [-0.3, -0.25) is 14.4 Å². The van der Waals surface area contributed by atoms with Crippen molar-refractivity contribution in [2.75, 3.05) is 6.54 Å². The lowest BCUT2D eigenvalue weighted by molar-refractivity contribution is -0.126. The van der Waals surface area contributed by atoms with E-state index in [0.29, 0.717) is 12.0 Å². The number of nitrogens with two attached hydrogens (primary N) is 1. The molecule has 6 heteroatoms. The molecule has 1 aromatic rings. The third-order valence-corrected chi connectivity index (χ3v) is 2.97. The van der Waals surface area contributed by atoms with Crippen LogP contribution in [0, 0.1) is 0 Å². The van der Waals surface area contributed by atoms with Crippen LogP contribution >= 0.6 is 0 Å². The molecule has 1 atom stereocenters. The van der Waals surface area contributed by atoms with Crippen LogP contribution in [0.2, 0.25) is 0 Å². The van der Waals surface area contributed by atoms with Gasteiger partial charge in [-0.2, -0.15) is 0 Å². The lowest BCUT2D eigenvalue weighted by atomic mass is 10.1. The lowest BCUT2D eigenvalue weighted by Gasteiger charge is -2.15. The van der Waals surface area contributed by atoms with Gasteiger partial charge in [0.1, 0.15) is 6.04 Å². The number of primary amides is 1. The number of hydrogen-bond acceptors (Lipinski definition) is 3. The van der Waals surface area contributed by atoms with Crippen LogP contribution in [0.15, 0.2) is 30.3 Å². The summed E-state index contributed by atoms with van der Waals surface area (Å²) in [4.78, 5) is 34.7. The van der Waals surface area contributed by atoms with Gasteiger partial charge in [0, 0.05) is 5.56 Å².